The fourth-order valence-electron chi connectivity index (χ4n) is 1.39. The van der Waals surface area contributed by atoms with Gasteiger partial charge in [-0.2, -0.15) is 10.4 Å². The lowest BCUT2D eigenvalue weighted by molar-refractivity contribution is 0.628. The van der Waals surface area contributed by atoms with Crippen molar-refractivity contribution < 1.29 is 4.39 Å². The van der Waals surface area contributed by atoms with Gasteiger partial charge in [0.25, 0.3) is 0 Å². The molecule has 0 saturated carbocycles. The standard InChI is InChI=1S/C10H8FN3/c11-9-2-3-10-8(6-9)7-13-14(10)5-1-4-12/h2-3,6-7H,1,5H2. The van der Waals surface area contributed by atoms with Gasteiger partial charge in [0.2, 0.25) is 0 Å². The van der Waals surface area contributed by atoms with E-state index < -0.39 is 0 Å². The minimum absolute atomic E-state index is 0.266. The van der Waals surface area contributed by atoms with Crippen LogP contribution in [0.5, 0.6) is 0 Å². The highest BCUT2D eigenvalue weighted by Crippen LogP contribution is 2.14. The van der Waals surface area contributed by atoms with Crippen molar-refractivity contribution in [1.29, 1.82) is 5.26 Å². The van der Waals surface area contributed by atoms with E-state index in [9.17, 15) is 4.39 Å². The summed E-state index contributed by atoms with van der Waals surface area (Å²) in [4.78, 5) is 0. The molecule has 0 unspecified atom stereocenters. The molecule has 0 fully saturated rings. The largest absolute Gasteiger partial charge is 0.264 e. The second-order valence-electron chi connectivity index (χ2n) is 2.98. The van der Waals surface area contributed by atoms with Gasteiger partial charge in [-0.05, 0) is 18.2 Å². The van der Waals surface area contributed by atoms with Crippen LogP contribution in [0.15, 0.2) is 24.4 Å². The summed E-state index contributed by atoms with van der Waals surface area (Å²) in [5, 5.41) is 13.3. The molecular weight excluding hydrogens is 181 g/mol. The average Bonchev–Trinajstić information content (AvgIpc) is 2.57. The first kappa shape index (κ1) is 8.70. The van der Waals surface area contributed by atoms with Crippen LogP contribution in [0.2, 0.25) is 0 Å². The smallest absolute Gasteiger partial charge is 0.124 e. The van der Waals surface area contributed by atoms with Crippen LogP contribution in [-0.4, -0.2) is 9.78 Å². The van der Waals surface area contributed by atoms with Gasteiger partial charge in [0, 0.05) is 5.39 Å². The monoisotopic (exact) mass is 189 g/mol. The van der Waals surface area contributed by atoms with Crippen LogP contribution in [0.1, 0.15) is 6.42 Å². The summed E-state index contributed by atoms with van der Waals surface area (Å²) in [6, 6.07) is 6.55. The summed E-state index contributed by atoms with van der Waals surface area (Å²) in [7, 11) is 0. The topological polar surface area (TPSA) is 41.6 Å². The van der Waals surface area contributed by atoms with Gasteiger partial charge in [0.1, 0.15) is 5.82 Å². The molecule has 0 aliphatic heterocycles. The van der Waals surface area contributed by atoms with Crippen LogP contribution in [0.4, 0.5) is 4.39 Å². The highest BCUT2D eigenvalue weighted by molar-refractivity contribution is 5.78. The zero-order valence-corrected chi connectivity index (χ0v) is 7.44. The Morgan fingerprint density at radius 3 is 3.14 bits per heavy atom. The molecule has 0 radical (unpaired) electrons. The molecule has 14 heavy (non-hydrogen) atoms. The predicted molar refractivity (Wildman–Crippen MR) is 49.9 cm³/mol. The Labute approximate surface area is 80.4 Å². The van der Waals surface area contributed by atoms with Crippen molar-refractivity contribution in [3.8, 4) is 6.07 Å². The lowest BCUT2D eigenvalue weighted by Crippen LogP contribution is -1.98. The van der Waals surface area contributed by atoms with E-state index in [-0.39, 0.29) is 5.82 Å². The average molecular weight is 189 g/mol. The van der Waals surface area contributed by atoms with Crippen LogP contribution in [0, 0.1) is 17.1 Å². The molecule has 1 aromatic carbocycles. The molecule has 0 atom stereocenters. The third-order valence-corrected chi connectivity index (χ3v) is 2.04. The molecule has 0 spiro atoms. The highest BCUT2D eigenvalue weighted by Gasteiger charge is 2.02. The zero-order chi connectivity index (χ0) is 9.97. The number of hydrogen-bond acceptors (Lipinski definition) is 2. The maximum Gasteiger partial charge on any atom is 0.124 e. The number of aromatic nitrogens is 2. The Morgan fingerprint density at radius 1 is 1.50 bits per heavy atom. The van der Waals surface area contributed by atoms with E-state index in [4.69, 9.17) is 5.26 Å². The summed E-state index contributed by atoms with van der Waals surface area (Å²) in [6.45, 7) is 0.547. The van der Waals surface area contributed by atoms with Crippen LogP contribution in [0.3, 0.4) is 0 Å². The molecule has 0 amide bonds. The predicted octanol–water partition coefficient (Wildman–Crippen LogP) is 2.09. The molecule has 1 aromatic heterocycles. The molecular formula is C10H8FN3. The Balaban J connectivity index is 2.43. The number of nitriles is 1. The lowest BCUT2D eigenvalue weighted by Gasteiger charge is -1.98. The molecule has 70 valence electrons. The number of nitrogens with zero attached hydrogens (tertiary/aromatic N) is 3. The van der Waals surface area contributed by atoms with Crippen molar-refractivity contribution in [2.45, 2.75) is 13.0 Å². The van der Waals surface area contributed by atoms with E-state index in [1.165, 1.54) is 12.1 Å². The first-order valence-corrected chi connectivity index (χ1v) is 4.29. The third-order valence-electron chi connectivity index (χ3n) is 2.04. The summed E-state index contributed by atoms with van der Waals surface area (Å²) >= 11 is 0. The maximum atomic E-state index is 12.8. The third kappa shape index (κ3) is 1.44. The van der Waals surface area contributed by atoms with Crippen LogP contribution in [-0.2, 0) is 6.54 Å². The zero-order valence-electron chi connectivity index (χ0n) is 7.44. The number of fused-ring (bicyclic) bond motifs is 1. The van der Waals surface area contributed by atoms with Crippen LogP contribution >= 0.6 is 0 Å². The first-order valence-electron chi connectivity index (χ1n) is 4.29. The van der Waals surface area contributed by atoms with Crippen LogP contribution < -0.4 is 0 Å². The Kier molecular flexibility index (Phi) is 2.15. The SMILES string of the molecule is N#CCCn1ncc2cc(F)ccc21. The van der Waals surface area contributed by atoms with Crippen molar-refractivity contribution in [2.75, 3.05) is 0 Å². The molecule has 0 aliphatic rings. The number of rotatable bonds is 2. The Bertz CT molecular complexity index is 496. The molecule has 4 heteroatoms. The highest BCUT2D eigenvalue weighted by atomic mass is 19.1. The Hall–Kier alpha value is -1.89. The second kappa shape index (κ2) is 3.46. The van der Waals surface area contributed by atoms with Gasteiger partial charge < -0.3 is 0 Å². The van der Waals surface area contributed by atoms with E-state index in [1.807, 2.05) is 6.07 Å². The summed E-state index contributed by atoms with van der Waals surface area (Å²) < 4.78 is 14.5. The van der Waals surface area contributed by atoms with Crippen molar-refractivity contribution in [3.05, 3.63) is 30.2 Å². The van der Waals surface area contributed by atoms with E-state index >= 15 is 0 Å². The fraction of sp³-hybridized carbons (Fsp3) is 0.200. The van der Waals surface area contributed by atoms with Gasteiger partial charge in [-0.25, -0.2) is 4.39 Å². The molecule has 0 aliphatic carbocycles. The minimum Gasteiger partial charge on any atom is -0.264 e. The molecule has 0 N–H and O–H groups in total. The van der Waals surface area contributed by atoms with Crippen LogP contribution in [0.25, 0.3) is 10.9 Å². The normalized spacial score (nSPS) is 10.3. The number of aryl methyl sites for hydroxylation is 1. The first-order chi connectivity index (χ1) is 6.81. The maximum absolute atomic E-state index is 12.8. The quantitative estimate of drug-likeness (QED) is 0.725. The van der Waals surface area contributed by atoms with Gasteiger partial charge in [0.15, 0.2) is 0 Å². The van der Waals surface area contributed by atoms with Crippen molar-refractivity contribution in [3.63, 3.8) is 0 Å². The van der Waals surface area contributed by atoms with Gasteiger partial charge in [0.05, 0.1) is 30.7 Å². The van der Waals surface area contributed by atoms with E-state index in [0.29, 0.717) is 13.0 Å². The fourth-order valence-corrected chi connectivity index (χ4v) is 1.39. The number of hydrogen-bond donors (Lipinski definition) is 0. The molecule has 1 heterocycles. The molecule has 2 rings (SSSR count). The van der Waals surface area contributed by atoms with Crippen molar-refractivity contribution in [1.82, 2.24) is 9.78 Å². The minimum atomic E-state index is -0.266. The molecule has 3 nitrogen and oxygen atoms in total. The second-order valence-corrected chi connectivity index (χ2v) is 2.98. The molecule has 0 bridgehead atoms. The van der Waals surface area contributed by atoms with E-state index in [2.05, 4.69) is 5.10 Å². The van der Waals surface area contributed by atoms with Gasteiger partial charge in [-0.3, -0.25) is 4.68 Å². The summed E-state index contributed by atoms with van der Waals surface area (Å²) in [5.41, 5.74) is 0.863. The van der Waals surface area contributed by atoms with E-state index in [1.54, 1.807) is 16.9 Å². The van der Waals surface area contributed by atoms with Crippen molar-refractivity contribution >= 4 is 10.9 Å². The van der Waals surface area contributed by atoms with Gasteiger partial charge >= 0.3 is 0 Å². The number of halogens is 1. The summed E-state index contributed by atoms with van der Waals surface area (Å²) in [6.07, 6.45) is 2.02. The lowest BCUT2D eigenvalue weighted by atomic mass is 10.2. The van der Waals surface area contributed by atoms with Gasteiger partial charge in [-0.15, -0.1) is 0 Å². The number of benzene rings is 1. The summed E-state index contributed by atoms with van der Waals surface area (Å²) in [5.74, 6) is -0.266. The molecule has 2 aromatic rings. The van der Waals surface area contributed by atoms with Crippen molar-refractivity contribution in [2.24, 2.45) is 0 Å². The molecule has 0 saturated heterocycles. The van der Waals surface area contributed by atoms with Gasteiger partial charge in [-0.1, -0.05) is 0 Å². The van der Waals surface area contributed by atoms with E-state index in [0.717, 1.165) is 10.9 Å². The Morgan fingerprint density at radius 2 is 2.36 bits per heavy atom.